The SMILES string of the molecule is Cc1cc(C(=O)NNC(=O)c2cccnc2OCC(F)(F)F)c(C)o1. The van der Waals surface area contributed by atoms with E-state index in [1.165, 1.54) is 24.4 Å². The lowest BCUT2D eigenvalue weighted by molar-refractivity contribution is -0.154. The van der Waals surface area contributed by atoms with Gasteiger partial charge in [-0.15, -0.1) is 0 Å². The molecule has 0 aromatic carbocycles. The van der Waals surface area contributed by atoms with Gasteiger partial charge in [-0.2, -0.15) is 13.2 Å². The number of alkyl halides is 3. The minimum atomic E-state index is -4.57. The molecule has 0 atom stereocenters. The molecule has 0 spiro atoms. The van der Waals surface area contributed by atoms with E-state index in [0.717, 1.165) is 0 Å². The van der Waals surface area contributed by atoms with Crippen LogP contribution in [0.25, 0.3) is 0 Å². The molecule has 2 aromatic rings. The molecule has 0 unspecified atom stereocenters. The van der Waals surface area contributed by atoms with Gasteiger partial charge in [-0.3, -0.25) is 20.4 Å². The summed E-state index contributed by atoms with van der Waals surface area (Å²) >= 11 is 0. The molecule has 0 fully saturated rings. The zero-order valence-electron chi connectivity index (χ0n) is 13.2. The number of hydrazine groups is 1. The van der Waals surface area contributed by atoms with E-state index in [9.17, 15) is 22.8 Å². The highest BCUT2D eigenvalue weighted by molar-refractivity contribution is 6.00. The van der Waals surface area contributed by atoms with E-state index < -0.39 is 30.5 Å². The van der Waals surface area contributed by atoms with Crippen LogP contribution >= 0.6 is 0 Å². The lowest BCUT2D eigenvalue weighted by Gasteiger charge is -2.12. The number of aryl methyl sites for hydroxylation is 2. The summed E-state index contributed by atoms with van der Waals surface area (Å²) in [7, 11) is 0. The maximum absolute atomic E-state index is 12.2. The van der Waals surface area contributed by atoms with Gasteiger partial charge in [0.25, 0.3) is 11.8 Å². The van der Waals surface area contributed by atoms with Crippen LogP contribution in [-0.4, -0.2) is 29.6 Å². The molecular formula is C15H14F3N3O4. The summed E-state index contributed by atoms with van der Waals surface area (Å²) in [5.41, 5.74) is 4.20. The lowest BCUT2D eigenvalue weighted by atomic mass is 10.2. The Morgan fingerprint density at radius 1 is 1.20 bits per heavy atom. The predicted octanol–water partition coefficient (Wildman–Crippen LogP) is 2.31. The Labute approximate surface area is 140 Å². The largest absolute Gasteiger partial charge is 0.467 e. The van der Waals surface area contributed by atoms with Crippen molar-refractivity contribution in [2.45, 2.75) is 20.0 Å². The van der Waals surface area contributed by atoms with Crippen LogP contribution in [0.4, 0.5) is 13.2 Å². The molecule has 2 aromatic heterocycles. The Morgan fingerprint density at radius 3 is 2.40 bits per heavy atom. The molecular weight excluding hydrogens is 343 g/mol. The first kappa shape index (κ1) is 18.3. The Morgan fingerprint density at radius 2 is 1.84 bits per heavy atom. The zero-order valence-corrected chi connectivity index (χ0v) is 13.2. The molecule has 0 saturated carbocycles. The van der Waals surface area contributed by atoms with Crippen LogP contribution in [0.1, 0.15) is 32.2 Å². The van der Waals surface area contributed by atoms with Crippen LogP contribution in [0.2, 0.25) is 0 Å². The predicted molar refractivity (Wildman–Crippen MR) is 78.9 cm³/mol. The van der Waals surface area contributed by atoms with Gasteiger partial charge in [0.15, 0.2) is 6.61 Å². The number of aromatic nitrogens is 1. The molecule has 0 radical (unpaired) electrons. The fourth-order valence-electron chi connectivity index (χ4n) is 1.93. The van der Waals surface area contributed by atoms with Gasteiger partial charge in [0.2, 0.25) is 5.88 Å². The normalized spacial score (nSPS) is 11.1. The molecule has 0 bridgehead atoms. The quantitative estimate of drug-likeness (QED) is 0.819. The third kappa shape index (κ3) is 4.96. The van der Waals surface area contributed by atoms with Gasteiger partial charge in [0.05, 0.1) is 5.56 Å². The highest BCUT2D eigenvalue weighted by atomic mass is 19.4. The number of carbonyl (C=O) groups excluding carboxylic acids is 2. The maximum Gasteiger partial charge on any atom is 0.422 e. The minimum Gasteiger partial charge on any atom is -0.467 e. The lowest BCUT2D eigenvalue weighted by Crippen LogP contribution is -2.42. The molecule has 25 heavy (non-hydrogen) atoms. The van der Waals surface area contributed by atoms with Crippen LogP contribution in [0.3, 0.4) is 0 Å². The number of hydrogen-bond donors (Lipinski definition) is 2. The number of hydrogen-bond acceptors (Lipinski definition) is 5. The number of amides is 2. The third-order valence-corrected chi connectivity index (χ3v) is 2.96. The van der Waals surface area contributed by atoms with Gasteiger partial charge in [0.1, 0.15) is 17.1 Å². The summed E-state index contributed by atoms with van der Waals surface area (Å²) in [6, 6.07) is 4.05. The van der Waals surface area contributed by atoms with Crippen molar-refractivity contribution in [1.82, 2.24) is 15.8 Å². The number of pyridine rings is 1. The van der Waals surface area contributed by atoms with Gasteiger partial charge in [-0.05, 0) is 32.0 Å². The van der Waals surface area contributed by atoms with E-state index in [4.69, 9.17) is 4.42 Å². The van der Waals surface area contributed by atoms with Crippen molar-refractivity contribution in [3.8, 4) is 5.88 Å². The highest BCUT2D eigenvalue weighted by Gasteiger charge is 2.29. The molecule has 0 aliphatic rings. The van der Waals surface area contributed by atoms with Gasteiger partial charge in [0, 0.05) is 6.20 Å². The minimum absolute atomic E-state index is 0.220. The second-order valence-corrected chi connectivity index (χ2v) is 5.00. The monoisotopic (exact) mass is 357 g/mol. The Kier molecular flexibility index (Phi) is 5.30. The summed E-state index contributed by atoms with van der Waals surface area (Å²) in [5, 5.41) is 0. The van der Waals surface area contributed by atoms with Crippen molar-refractivity contribution in [2.24, 2.45) is 0 Å². The van der Waals surface area contributed by atoms with E-state index in [1.807, 2.05) is 0 Å². The Balaban J connectivity index is 2.03. The molecule has 0 aliphatic carbocycles. The van der Waals surface area contributed by atoms with Crippen molar-refractivity contribution >= 4 is 11.8 Å². The number of nitrogens with zero attached hydrogens (tertiary/aromatic N) is 1. The fourth-order valence-corrected chi connectivity index (χ4v) is 1.93. The summed E-state index contributed by atoms with van der Waals surface area (Å²) in [5.74, 6) is -1.13. The number of halogens is 3. The Hall–Kier alpha value is -3.04. The molecule has 0 aliphatic heterocycles. The van der Waals surface area contributed by atoms with Crippen molar-refractivity contribution < 1.29 is 31.9 Å². The first-order chi connectivity index (χ1) is 11.7. The zero-order chi connectivity index (χ0) is 18.6. The molecule has 10 heteroatoms. The van der Waals surface area contributed by atoms with Crippen LogP contribution in [0, 0.1) is 13.8 Å². The highest BCUT2D eigenvalue weighted by Crippen LogP contribution is 2.20. The first-order valence-electron chi connectivity index (χ1n) is 6.99. The average Bonchev–Trinajstić information content (AvgIpc) is 2.88. The molecule has 2 heterocycles. The number of ether oxygens (including phenoxy) is 1. The third-order valence-electron chi connectivity index (χ3n) is 2.96. The second-order valence-electron chi connectivity index (χ2n) is 5.00. The molecule has 0 saturated heterocycles. The van der Waals surface area contributed by atoms with Gasteiger partial charge < -0.3 is 9.15 Å². The fraction of sp³-hybridized carbons (Fsp3) is 0.267. The molecule has 2 N–H and O–H groups in total. The van der Waals surface area contributed by atoms with Crippen LogP contribution in [0.15, 0.2) is 28.8 Å². The maximum atomic E-state index is 12.2. The van der Waals surface area contributed by atoms with Crippen molar-refractivity contribution in [2.75, 3.05) is 6.61 Å². The van der Waals surface area contributed by atoms with E-state index >= 15 is 0 Å². The van der Waals surface area contributed by atoms with Crippen molar-refractivity contribution in [3.05, 3.63) is 47.0 Å². The molecule has 134 valence electrons. The smallest absolute Gasteiger partial charge is 0.422 e. The number of rotatable bonds is 4. The van der Waals surface area contributed by atoms with Crippen LogP contribution in [0.5, 0.6) is 5.88 Å². The van der Waals surface area contributed by atoms with E-state index in [2.05, 4.69) is 20.6 Å². The first-order valence-corrected chi connectivity index (χ1v) is 6.99. The second kappa shape index (κ2) is 7.24. The topological polar surface area (TPSA) is 93.5 Å². The van der Waals surface area contributed by atoms with E-state index in [1.54, 1.807) is 13.8 Å². The average molecular weight is 357 g/mol. The summed E-state index contributed by atoms with van der Waals surface area (Å²) in [6.07, 6.45) is -3.39. The summed E-state index contributed by atoms with van der Waals surface area (Å²) in [4.78, 5) is 27.6. The van der Waals surface area contributed by atoms with Crippen LogP contribution in [-0.2, 0) is 0 Å². The van der Waals surface area contributed by atoms with Crippen molar-refractivity contribution in [1.29, 1.82) is 0 Å². The van der Waals surface area contributed by atoms with E-state index in [0.29, 0.717) is 11.5 Å². The molecule has 2 amide bonds. The molecule has 2 rings (SSSR count). The van der Waals surface area contributed by atoms with Crippen LogP contribution < -0.4 is 15.6 Å². The summed E-state index contributed by atoms with van der Waals surface area (Å²) < 4.78 is 46.4. The van der Waals surface area contributed by atoms with E-state index in [-0.39, 0.29) is 11.1 Å². The molecule has 7 nitrogen and oxygen atoms in total. The number of carbonyl (C=O) groups is 2. The number of furan rings is 1. The number of nitrogens with one attached hydrogen (secondary N) is 2. The van der Waals surface area contributed by atoms with Crippen molar-refractivity contribution in [3.63, 3.8) is 0 Å². The summed E-state index contributed by atoms with van der Waals surface area (Å²) in [6.45, 7) is 1.64. The van der Waals surface area contributed by atoms with Gasteiger partial charge in [-0.1, -0.05) is 0 Å². The van der Waals surface area contributed by atoms with Gasteiger partial charge in [-0.25, -0.2) is 4.98 Å². The van der Waals surface area contributed by atoms with Gasteiger partial charge >= 0.3 is 6.18 Å². The standard InChI is InChI=1S/C15H14F3N3O4/c1-8-6-11(9(2)25-8)13(23)21-20-12(22)10-4-3-5-19-14(10)24-7-15(16,17)18/h3-6H,7H2,1-2H3,(H,20,22)(H,21,23). The Bertz CT molecular complexity index is 787.